The molecule has 0 saturated carbocycles. The maximum absolute atomic E-state index is 11.7. The molecular formula is C10H12N4O2. The largest absolute Gasteiger partial charge is 0.472 e. The highest BCUT2D eigenvalue weighted by Gasteiger charge is 2.12. The molecule has 2 aromatic heterocycles. The zero-order valence-electron chi connectivity index (χ0n) is 8.80. The van der Waals surface area contributed by atoms with Crippen molar-refractivity contribution in [3.8, 4) is 0 Å². The van der Waals surface area contributed by atoms with Gasteiger partial charge in [-0.1, -0.05) is 0 Å². The molecule has 0 aliphatic heterocycles. The zero-order valence-corrected chi connectivity index (χ0v) is 8.80. The van der Waals surface area contributed by atoms with Crippen molar-refractivity contribution >= 4 is 11.7 Å². The lowest BCUT2D eigenvalue weighted by Crippen LogP contribution is -2.13. The number of carbonyl (C=O) groups is 1. The van der Waals surface area contributed by atoms with Crippen molar-refractivity contribution in [3.05, 3.63) is 35.9 Å². The fourth-order valence-corrected chi connectivity index (χ4v) is 1.37. The third kappa shape index (κ3) is 1.96. The lowest BCUT2D eigenvalue weighted by molar-refractivity contribution is 0.102. The summed E-state index contributed by atoms with van der Waals surface area (Å²) in [5, 5.41) is 6.78. The topological polar surface area (TPSA) is 86.1 Å². The molecule has 0 fully saturated rings. The lowest BCUT2D eigenvalue weighted by Gasteiger charge is -2.00. The molecule has 0 atom stereocenters. The van der Waals surface area contributed by atoms with Gasteiger partial charge in [0.25, 0.3) is 5.91 Å². The minimum absolute atomic E-state index is 0.262. The van der Waals surface area contributed by atoms with E-state index < -0.39 is 0 Å². The SMILES string of the molecule is Cn1cc(CN)c(NC(=O)c2ccoc2)n1. The van der Waals surface area contributed by atoms with Crippen molar-refractivity contribution in [1.82, 2.24) is 9.78 Å². The molecule has 84 valence electrons. The Morgan fingerprint density at radius 1 is 1.69 bits per heavy atom. The van der Waals surface area contributed by atoms with E-state index in [0.29, 0.717) is 17.9 Å². The summed E-state index contributed by atoms with van der Waals surface area (Å²) in [7, 11) is 1.77. The quantitative estimate of drug-likeness (QED) is 0.798. The van der Waals surface area contributed by atoms with Crippen molar-refractivity contribution in [1.29, 1.82) is 0 Å². The predicted octanol–water partition coefficient (Wildman–Crippen LogP) is 0.724. The summed E-state index contributed by atoms with van der Waals surface area (Å²) in [6.07, 6.45) is 4.59. The third-order valence-corrected chi connectivity index (χ3v) is 2.14. The van der Waals surface area contributed by atoms with Gasteiger partial charge in [0.05, 0.1) is 11.8 Å². The van der Waals surface area contributed by atoms with E-state index in [1.54, 1.807) is 24.0 Å². The van der Waals surface area contributed by atoms with Gasteiger partial charge in [0.1, 0.15) is 6.26 Å². The highest BCUT2D eigenvalue weighted by Crippen LogP contribution is 2.13. The first-order chi connectivity index (χ1) is 7.70. The number of nitrogens with zero attached hydrogens (tertiary/aromatic N) is 2. The predicted molar refractivity (Wildman–Crippen MR) is 57.8 cm³/mol. The molecule has 0 aromatic carbocycles. The molecule has 0 bridgehead atoms. The van der Waals surface area contributed by atoms with Crippen LogP contribution < -0.4 is 11.1 Å². The van der Waals surface area contributed by atoms with E-state index in [0.717, 1.165) is 5.56 Å². The Balaban J connectivity index is 2.17. The van der Waals surface area contributed by atoms with Gasteiger partial charge in [-0.2, -0.15) is 5.10 Å². The summed E-state index contributed by atoms with van der Waals surface area (Å²) in [5.74, 6) is 0.221. The first kappa shape index (κ1) is 10.4. The van der Waals surface area contributed by atoms with Crippen LogP contribution in [0.25, 0.3) is 0 Å². The molecule has 16 heavy (non-hydrogen) atoms. The summed E-state index contributed by atoms with van der Waals surface area (Å²) >= 11 is 0. The standard InChI is InChI=1S/C10H12N4O2/c1-14-5-8(4-11)9(13-14)12-10(15)7-2-3-16-6-7/h2-3,5-6H,4,11H2,1H3,(H,12,13,15). The van der Waals surface area contributed by atoms with Crippen LogP contribution in [0, 0.1) is 0 Å². The first-order valence-electron chi connectivity index (χ1n) is 4.77. The summed E-state index contributed by atoms with van der Waals surface area (Å²) in [6, 6.07) is 1.58. The molecular weight excluding hydrogens is 208 g/mol. The number of aryl methyl sites for hydroxylation is 1. The maximum Gasteiger partial charge on any atom is 0.260 e. The van der Waals surface area contributed by atoms with Crippen LogP contribution in [0.15, 0.2) is 29.2 Å². The number of hydrogen-bond acceptors (Lipinski definition) is 4. The molecule has 1 amide bonds. The zero-order chi connectivity index (χ0) is 11.5. The number of anilines is 1. The molecule has 2 heterocycles. The number of furan rings is 1. The molecule has 0 spiro atoms. The second-order valence-electron chi connectivity index (χ2n) is 3.35. The van der Waals surface area contributed by atoms with Gasteiger partial charge in [0, 0.05) is 25.4 Å². The Kier molecular flexibility index (Phi) is 2.74. The monoisotopic (exact) mass is 220 g/mol. The summed E-state index contributed by atoms with van der Waals surface area (Å²) in [6.45, 7) is 0.328. The average molecular weight is 220 g/mol. The number of amides is 1. The fourth-order valence-electron chi connectivity index (χ4n) is 1.37. The van der Waals surface area contributed by atoms with E-state index in [-0.39, 0.29) is 5.91 Å². The van der Waals surface area contributed by atoms with Crippen LogP contribution in [0.5, 0.6) is 0 Å². The minimum atomic E-state index is -0.262. The number of hydrogen-bond donors (Lipinski definition) is 2. The van der Waals surface area contributed by atoms with Crippen LogP contribution in [-0.2, 0) is 13.6 Å². The molecule has 0 aliphatic carbocycles. The summed E-state index contributed by atoms with van der Waals surface area (Å²) < 4.78 is 6.43. The summed E-state index contributed by atoms with van der Waals surface area (Å²) in [5.41, 5.74) is 6.78. The van der Waals surface area contributed by atoms with Crippen LogP contribution in [0.4, 0.5) is 5.82 Å². The normalized spacial score (nSPS) is 10.4. The van der Waals surface area contributed by atoms with Crippen molar-refractivity contribution in [2.45, 2.75) is 6.54 Å². The third-order valence-electron chi connectivity index (χ3n) is 2.14. The Labute approximate surface area is 92.0 Å². The molecule has 3 N–H and O–H groups in total. The van der Waals surface area contributed by atoms with E-state index in [9.17, 15) is 4.79 Å². The molecule has 0 unspecified atom stereocenters. The second-order valence-corrected chi connectivity index (χ2v) is 3.35. The van der Waals surface area contributed by atoms with E-state index >= 15 is 0 Å². The highest BCUT2D eigenvalue weighted by atomic mass is 16.3. The Morgan fingerprint density at radius 2 is 2.50 bits per heavy atom. The maximum atomic E-state index is 11.7. The fraction of sp³-hybridized carbons (Fsp3) is 0.200. The van der Waals surface area contributed by atoms with Gasteiger partial charge in [0.2, 0.25) is 0 Å². The Morgan fingerprint density at radius 3 is 3.12 bits per heavy atom. The van der Waals surface area contributed by atoms with Gasteiger partial charge in [-0.25, -0.2) is 0 Å². The van der Waals surface area contributed by atoms with Crippen molar-refractivity contribution < 1.29 is 9.21 Å². The van der Waals surface area contributed by atoms with Gasteiger partial charge < -0.3 is 15.5 Å². The average Bonchev–Trinajstić information content (AvgIpc) is 2.87. The molecule has 2 aromatic rings. The van der Waals surface area contributed by atoms with Gasteiger partial charge in [-0.3, -0.25) is 9.48 Å². The molecule has 2 rings (SSSR count). The molecule has 6 heteroatoms. The lowest BCUT2D eigenvalue weighted by atomic mass is 10.3. The molecule has 0 saturated heterocycles. The van der Waals surface area contributed by atoms with Crippen LogP contribution in [-0.4, -0.2) is 15.7 Å². The van der Waals surface area contributed by atoms with Crippen molar-refractivity contribution in [2.24, 2.45) is 12.8 Å². The van der Waals surface area contributed by atoms with Crippen LogP contribution >= 0.6 is 0 Å². The Bertz CT molecular complexity index is 487. The van der Waals surface area contributed by atoms with Crippen LogP contribution in [0.3, 0.4) is 0 Å². The summed E-state index contributed by atoms with van der Waals surface area (Å²) in [4.78, 5) is 11.7. The van der Waals surface area contributed by atoms with Crippen molar-refractivity contribution in [2.75, 3.05) is 5.32 Å². The van der Waals surface area contributed by atoms with Crippen LogP contribution in [0.2, 0.25) is 0 Å². The molecule has 0 radical (unpaired) electrons. The Hall–Kier alpha value is -2.08. The number of nitrogens with one attached hydrogen (secondary N) is 1. The number of nitrogens with two attached hydrogens (primary N) is 1. The van der Waals surface area contributed by atoms with Gasteiger partial charge in [-0.15, -0.1) is 0 Å². The first-order valence-corrected chi connectivity index (χ1v) is 4.77. The highest BCUT2D eigenvalue weighted by molar-refractivity contribution is 6.03. The minimum Gasteiger partial charge on any atom is -0.472 e. The van der Waals surface area contributed by atoms with Crippen molar-refractivity contribution in [3.63, 3.8) is 0 Å². The van der Waals surface area contributed by atoms with Gasteiger partial charge in [0.15, 0.2) is 5.82 Å². The smallest absolute Gasteiger partial charge is 0.260 e. The van der Waals surface area contributed by atoms with E-state index in [2.05, 4.69) is 10.4 Å². The van der Waals surface area contributed by atoms with Gasteiger partial charge >= 0.3 is 0 Å². The van der Waals surface area contributed by atoms with Crippen LogP contribution in [0.1, 0.15) is 15.9 Å². The molecule has 0 aliphatic rings. The number of aromatic nitrogens is 2. The second kappa shape index (κ2) is 4.19. The van der Waals surface area contributed by atoms with E-state index in [1.165, 1.54) is 12.5 Å². The van der Waals surface area contributed by atoms with Gasteiger partial charge in [-0.05, 0) is 6.07 Å². The number of carbonyl (C=O) groups excluding carboxylic acids is 1. The van der Waals surface area contributed by atoms with E-state index in [1.807, 2.05) is 0 Å². The number of rotatable bonds is 3. The van der Waals surface area contributed by atoms with E-state index in [4.69, 9.17) is 10.2 Å². The molecule has 6 nitrogen and oxygen atoms in total.